The van der Waals surface area contributed by atoms with Gasteiger partial charge in [0.1, 0.15) is 18.4 Å². The molecule has 7 nitrogen and oxygen atoms in total. The van der Waals surface area contributed by atoms with Gasteiger partial charge in [0.2, 0.25) is 5.91 Å². The molecule has 1 amide bonds. The first kappa shape index (κ1) is 30.5. The van der Waals surface area contributed by atoms with Crippen molar-refractivity contribution in [3.63, 3.8) is 0 Å². The SMILES string of the molecule is Cc1ccccc1N(CCOc1ccc(CC(Nc2ccccc2C(=O)c2ccccc2)C(=O)O)cc1)C(=O)C1CCCC1. The number of ketones is 1. The minimum absolute atomic E-state index is 0.0631. The number of amides is 1. The second kappa shape index (κ2) is 14.5. The van der Waals surface area contributed by atoms with Gasteiger partial charge in [0.15, 0.2) is 5.78 Å². The Morgan fingerprint density at radius 2 is 1.52 bits per heavy atom. The lowest BCUT2D eigenvalue weighted by molar-refractivity contribution is -0.137. The molecule has 2 N–H and O–H groups in total. The molecule has 0 radical (unpaired) electrons. The molecule has 5 rings (SSSR count). The van der Waals surface area contributed by atoms with Crippen molar-refractivity contribution >= 4 is 29.0 Å². The van der Waals surface area contributed by atoms with Crippen molar-refractivity contribution in [3.8, 4) is 5.75 Å². The lowest BCUT2D eigenvalue weighted by Crippen LogP contribution is -2.38. The van der Waals surface area contributed by atoms with E-state index in [1.54, 1.807) is 48.5 Å². The highest BCUT2D eigenvalue weighted by Gasteiger charge is 2.29. The quantitative estimate of drug-likeness (QED) is 0.164. The van der Waals surface area contributed by atoms with E-state index >= 15 is 0 Å². The zero-order valence-corrected chi connectivity index (χ0v) is 24.9. The molecule has 44 heavy (non-hydrogen) atoms. The zero-order chi connectivity index (χ0) is 30.9. The summed E-state index contributed by atoms with van der Waals surface area (Å²) in [5.74, 6) is -0.325. The monoisotopic (exact) mass is 590 g/mol. The van der Waals surface area contributed by atoms with E-state index in [0.29, 0.717) is 35.7 Å². The number of aryl methyl sites for hydroxylation is 1. The van der Waals surface area contributed by atoms with Crippen molar-refractivity contribution in [3.05, 3.63) is 125 Å². The van der Waals surface area contributed by atoms with Crippen LogP contribution in [0.5, 0.6) is 5.75 Å². The van der Waals surface area contributed by atoms with Crippen LogP contribution >= 0.6 is 0 Å². The largest absolute Gasteiger partial charge is 0.492 e. The topological polar surface area (TPSA) is 95.9 Å². The zero-order valence-electron chi connectivity index (χ0n) is 24.9. The van der Waals surface area contributed by atoms with E-state index < -0.39 is 12.0 Å². The molecule has 1 unspecified atom stereocenters. The van der Waals surface area contributed by atoms with Crippen LogP contribution in [0.1, 0.15) is 52.7 Å². The van der Waals surface area contributed by atoms with Crippen LogP contribution in [0.25, 0.3) is 0 Å². The van der Waals surface area contributed by atoms with Crippen molar-refractivity contribution in [2.45, 2.75) is 45.1 Å². The average molecular weight is 591 g/mol. The van der Waals surface area contributed by atoms with Crippen LogP contribution in [0.15, 0.2) is 103 Å². The molecule has 0 aliphatic heterocycles. The van der Waals surface area contributed by atoms with Crippen LogP contribution in [-0.2, 0) is 16.0 Å². The maximum absolute atomic E-state index is 13.4. The Hall–Kier alpha value is -4.91. The van der Waals surface area contributed by atoms with Crippen molar-refractivity contribution in [1.29, 1.82) is 0 Å². The number of aliphatic carboxylic acids is 1. The van der Waals surface area contributed by atoms with Gasteiger partial charge in [0.25, 0.3) is 0 Å². The Kier molecular flexibility index (Phi) is 10.1. The standard InChI is InChI=1S/C37H38N2O5/c1-26-11-5-10-18-34(26)39(36(41)29-14-6-7-15-29)23-24-44-30-21-19-27(20-22-30)25-33(37(42)43)38-32-17-9-8-16-31(32)35(40)28-12-3-2-4-13-28/h2-5,8-13,16-22,29,33,38H,6-7,14-15,23-25H2,1H3,(H,42,43). The van der Waals surface area contributed by atoms with Gasteiger partial charge in [-0.25, -0.2) is 4.79 Å². The molecule has 4 aromatic rings. The van der Waals surface area contributed by atoms with E-state index in [1.807, 2.05) is 66.4 Å². The second-order valence-corrected chi connectivity index (χ2v) is 11.2. The highest BCUT2D eigenvalue weighted by molar-refractivity contribution is 6.12. The maximum atomic E-state index is 13.4. The molecule has 4 aromatic carbocycles. The Labute approximate surface area is 258 Å². The van der Waals surface area contributed by atoms with Gasteiger partial charge >= 0.3 is 5.97 Å². The molecule has 226 valence electrons. The highest BCUT2D eigenvalue weighted by Crippen LogP contribution is 2.30. The number of carbonyl (C=O) groups is 3. The molecular formula is C37H38N2O5. The number of nitrogens with zero attached hydrogens (tertiary/aromatic N) is 1. The van der Waals surface area contributed by atoms with Gasteiger partial charge in [-0.05, 0) is 61.2 Å². The van der Waals surface area contributed by atoms with Crippen molar-refractivity contribution < 1.29 is 24.2 Å². The fourth-order valence-electron chi connectivity index (χ4n) is 5.76. The summed E-state index contributed by atoms with van der Waals surface area (Å²) >= 11 is 0. The fraction of sp³-hybridized carbons (Fsp3) is 0.270. The molecule has 0 heterocycles. The third-order valence-electron chi connectivity index (χ3n) is 8.16. The third kappa shape index (κ3) is 7.53. The molecule has 0 bridgehead atoms. The number of rotatable bonds is 13. The van der Waals surface area contributed by atoms with Crippen molar-refractivity contribution in [1.82, 2.24) is 0 Å². The average Bonchev–Trinajstić information content (AvgIpc) is 3.59. The predicted octanol–water partition coefficient (Wildman–Crippen LogP) is 6.94. The Bertz CT molecular complexity index is 1580. The molecule has 1 atom stereocenters. The van der Waals surface area contributed by atoms with E-state index in [2.05, 4.69) is 5.32 Å². The van der Waals surface area contributed by atoms with E-state index in [9.17, 15) is 19.5 Å². The van der Waals surface area contributed by atoms with Gasteiger partial charge in [-0.2, -0.15) is 0 Å². The smallest absolute Gasteiger partial charge is 0.326 e. The highest BCUT2D eigenvalue weighted by atomic mass is 16.5. The molecule has 1 fully saturated rings. The number of anilines is 2. The minimum Gasteiger partial charge on any atom is -0.492 e. The first-order chi connectivity index (χ1) is 21.4. The number of hydrogen-bond donors (Lipinski definition) is 2. The number of carboxylic acids is 1. The van der Waals surface area contributed by atoms with Crippen molar-refractivity contribution in [2.24, 2.45) is 5.92 Å². The summed E-state index contributed by atoms with van der Waals surface area (Å²) in [4.78, 5) is 40.6. The molecule has 0 aromatic heterocycles. The lowest BCUT2D eigenvalue weighted by Gasteiger charge is -2.27. The number of carbonyl (C=O) groups excluding carboxylic acids is 2. The third-order valence-corrected chi connectivity index (χ3v) is 8.16. The number of nitrogens with one attached hydrogen (secondary N) is 1. The van der Waals surface area contributed by atoms with Crippen LogP contribution < -0.4 is 15.0 Å². The number of benzene rings is 4. The maximum Gasteiger partial charge on any atom is 0.326 e. The van der Waals surface area contributed by atoms with Crippen molar-refractivity contribution in [2.75, 3.05) is 23.4 Å². The Morgan fingerprint density at radius 3 is 2.23 bits per heavy atom. The Balaban J connectivity index is 1.22. The first-order valence-corrected chi connectivity index (χ1v) is 15.2. The summed E-state index contributed by atoms with van der Waals surface area (Å²) in [6.07, 6.45) is 4.27. The molecule has 0 spiro atoms. The second-order valence-electron chi connectivity index (χ2n) is 11.2. The molecule has 7 heteroatoms. The van der Waals surface area contributed by atoms with E-state index in [4.69, 9.17) is 4.74 Å². The van der Waals surface area contributed by atoms with Gasteiger partial charge in [-0.1, -0.05) is 85.6 Å². The first-order valence-electron chi connectivity index (χ1n) is 15.2. The van der Waals surface area contributed by atoms with Crippen LogP contribution in [-0.4, -0.2) is 42.0 Å². The molecular weight excluding hydrogens is 552 g/mol. The number of hydrogen-bond acceptors (Lipinski definition) is 5. The van der Waals surface area contributed by atoms with Gasteiger partial charge in [-0.15, -0.1) is 0 Å². The summed E-state index contributed by atoms with van der Waals surface area (Å²) < 4.78 is 6.03. The summed E-state index contributed by atoms with van der Waals surface area (Å²) in [5, 5.41) is 13.1. The Morgan fingerprint density at radius 1 is 0.864 bits per heavy atom. The van der Waals surface area contributed by atoms with Gasteiger partial charge in [0.05, 0.1) is 6.54 Å². The van der Waals surface area contributed by atoms with Gasteiger partial charge < -0.3 is 20.1 Å². The van der Waals surface area contributed by atoms with E-state index in [1.165, 1.54) is 0 Å². The van der Waals surface area contributed by atoms with E-state index in [0.717, 1.165) is 42.5 Å². The van der Waals surface area contributed by atoms with Crippen LogP contribution in [0.3, 0.4) is 0 Å². The fourth-order valence-corrected chi connectivity index (χ4v) is 5.76. The van der Waals surface area contributed by atoms with Crippen LogP contribution in [0.2, 0.25) is 0 Å². The van der Waals surface area contributed by atoms with Crippen LogP contribution in [0.4, 0.5) is 11.4 Å². The summed E-state index contributed by atoms with van der Waals surface area (Å²) in [6.45, 7) is 2.79. The summed E-state index contributed by atoms with van der Waals surface area (Å²) in [7, 11) is 0. The normalized spacial score (nSPS) is 13.7. The molecule has 1 saturated carbocycles. The number of para-hydroxylation sites is 2. The van der Waals surface area contributed by atoms with Crippen LogP contribution in [0, 0.1) is 12.8 Å². The summed E-state index contributed by atoms with van der Waals surface area (Å²) in [6, 6.07) is 30.2. The summed E-state index contributed by atoms with van der Waals surface area (Å²) in [5.41, 5.74) is 4.20. The predicted molar refractivity (Wildman–Crippen MR) is 172 cm³/mol. The minimum atomic E-state index is -1.02. The molecule has 0 saturated heterocycles. The number of carboxylic acid groups (broad SMARTS) is 1. The van der Waals surface area contributed by atoms with E-state index in [-0.39, 0.29) is 24.0 Å². The lowest BCUT2D eigenvalue weighted by atomic mass is 10.00. The molecule has 1 aliphatic carbocycles. The van der Waals surface area contributed by atoms with Gasteiger partial charge in [-0.3, -0.25) is 9.59 Å². The van der Waals surface area contributed by atoms with Gasteiger partial charge in [0, 0.05) is 34.8 Å². The number of ether oxygens (including phenoxy) is 1. The molecule has 1 aliphatic rings.